The van der Waals surface area contributed by atoms with Crippen molar-refractivity contribution in [3.63, 3.8) is 0 Å². The number of carbonyl (C=O) groups is 3. The van der Waals surface area contributed by atoms with Gasteiger partial charge in [-0.15, -0.1) is 0 Å². The van der Waals surface area contributed by atoms with E-state index in [9.17, 15) is 14.4 Å². The summed E-state index contributed by atoms with van der Waals surface area (Å²) in [7, 11) is 2.66. The Labute approximate surface area is 159 Å². The number of rotatable bonds is 10. The number of amides is 2. The predicted molar refractivity (Wildman–Crippen MR) is 108 cm³/mol. The molecule has 1 atom stereocenters. The van der Waals surface area contributed by atoms with Crippen LogP contribution < -0.4 is 21.7 Å². The minimum absolute atomic E-state index is 0.00333. The molecule has 8 nitrogen and oxygen atoms in total. The Balaban J connectivity index is -0.000000258. The molecule has 0 aromatic carbocycles. The van der Waals surface area contributed by atoms with E-state index in [1.807, 2.05) is 20.8 Å². The molecule has 0 spiro atoms. The molecule has 0 fully saturated rings. The van der Waals surface area contributed by atoms with E-state index in [2.05, 4.69) is 22.9 Å². The van der Waals surface area contributed by atoms with Crippen molar-refractivity contribution in [2.75, 3.05) is 33.8 Å². The Morgan fingerprint density at radius 2 is 1.54 bits per heavy atom. The molecular formula is C18H42N4O4. The van der Waals surface area contributed by atoms with Crippen LogP contribution in [0.4, 0.5) is 0 Å². The summed E-state index contributed by atoms with van der Waals surface area (Å²) in [4.78, 5) is 34.0. The van der Waals surface area contributed by atoms with Crippen LogP contribution in [0.1, 0.15) is 60.3 Å². The van der Waals surface area contributed by atoms with Crippen LogP contribution in [-0.4, -0.2) is 62.5 Å². The highest BCUT2D eigenvalue weighted by Crippen LogP contribution is 2.00. The molecule has 0 aliphatic heterocycles. The summed E-state index contributed by atoms with van der Waals surface area (Å²) < 4.78 is 0. The molecule has 0 aliphatic rings. The summed E-state index contributed by atoms with van der Waals surface area (Å²) in [6.45, 7) is 10.5. The summed E-state index contributed by atoms with van der Waals surface area (Å²) >= 11 is 0. The van der Waals surface area contributed by atoms with E-state index in [-0.39, 0.29) is 30.7 Å². The lowest BCUT2D eigenvalue weighted by Crippen LogP contribution is -2.49. The Kier molecular flexibility index (Phi) is 35.0. The first kappa shape index (κ1) is 32.2. The maximum absolute atomic E-state index is 11.8. The standard InChI is InChI=1S/C12H23N3O3.C3H9N.C2H6.CH4O/c1-4-5-6-10(15-11(17)8-13-3)12(18)14-7-9(2)16;1-2-3-4;2*1-2/h10,13H,4-8H2,1-3H3,(H,14,18)(H,15,17);2-4H2,1H3;1-2H3;2H,1H3. The molecular weight excluding hydrogens is 336 g/mol. The van der Waals surface area contributed by atoms with E-state index in [0.29, 0.717) is 6.42 Å². The highest BCUT2D eigenvalue weighted by atomic mass is 16.2. The van der Waals surface area contributed by atoms with Gasteiger partial charge in [0.1, 0.15) is 11.8 Å². The maximum atomic E-state index is 11.8. The minimum Gasteiger partial charge on any atom is -0.400 e. The second-order valence-corrected chi connectivity index (χ2v) is 5.00. The highest BCUT2D eigenvalue weighted by molar-refractivity contribution is 5.90. The van der Waals surface area contributed by atoms with Crippen LogP contribution >= 0.6 is 0 Å². The second kappa shape index (κ2) is 28.3. The van der Waals surface area contributed by atoms with Crippen molar-refractivity contribution in [1.82, 2.24) is 16.0 Å². The van der Waals surface area contributed by atoms with E-state index >= 15 is 0 Å². The lowest BCUT2D eigenvalue weighted by molar-refractivity contribution is -0.129. The van der Waals surface area contributed by atoms with Crippen LogP contribution in [0.3, 0.4) is 0 Å². The molecule has 26 heavy (non-hydrogen) atoms. The molecule has 0 aliphatic carbocycles. The third kappa shape index (κ3) is 27.3. The molecule has 158 valence electrons. The van der Waals surface area contributed by atoms with Gasteiger partial charge in [0.05, 0.1) is 13.1 Å². The second-order valence-electron chi connectivity index (χ2n) is 5.00. The summed E-state index contributed by atoms with van der Waals surface area (Å²) in [6.07, 6.45) is 3.46. The van der Waals surface area contributed by atoms with Crippen molar-refractivity contribution in [2.45, 2.75) is 66.3 Å². The quantitative estimate of drug-likeness (QED) is 0.377. The Hall–Kier alpha value is -1.51. The fraction of sp³-hybridized carbons (Fsp3) is 0.833. The zero-order chi connectivity index (χ0) is 21.4. The molecule has 0 aromatic heterocycles. The van der Waals surface area contributed by atoms with Crippen molar-refractivity contribution >= 4 is 17.6 Å². The molecule has 0 bridgehead atoms. The van der Waals surface area contributed by atoms with Gasteiger partial charge in [-0.2, -0.15) is 0 Å². The van der Waals surface area contributed by atoms with E-state index in [1.54, 1.807) is 7.05 Å². The van der Waals surface area contributed by atoms with Crippen molar-refractivity contribution < 1.29 is 19.5 Å². The molecule has 0 heterocycles. The largest absolute Gasteiger partial charge is 0.400 e. The number of aliphatic hydroxyl groups excluding tert-OH is 1. The lowest BCUT2D eigenvalue weighted by Gasteiger charge is -2.17. The molecule has 0 rings (SSSR count). The Morgan fingerprint density at radius 1 is 1.04 bits per heavy atom. The number of unbranched alkanes of at least 4 members (excludes halogenated alkanes) is 1. The van der Waals surface area contributed by atoms with Crippen molar-refractivity contribution in [3.8, 4) is 0 Å². The Morgan fingerprint density at radius 3 is 1.88 bits per heavy atom. The topological polar surface area (TPSA) is 134 Å². The zero-order valence-electron chi connectivity index (χ0n) is 17.8. The van der Waals surface area contributed by atoms with Gasteiger partial charge in [-0.1, -0.05) is 40.5 Å². The van der Waals surface area contributed by atoms with Gasteiger partial charge < -0.3 is 26.8 Å². The molecule has 0 saturated carbocycles. The average molecular weight is 379 g/mol. The number of hydrogen-bond acceptors (Lipinski definition) is 6. The summed E-state index contributed by atoms with van der Waals surface area (Å²) in [5, 5.41) is 14.9. The summed E-state index contributed by atoms with van der Waals surface area (Å²) in [6, 6.07) is -0.565. The molecule has 2 amide bonds. The Bertz CT molecular complexity index is 324. The van der Waals surface area contributed by atoms with E-state index in [0.717, 1.165) is 32.9 Å². The monoisotopic (exact) mass is 378 g/mol. The number of hydrogen-bond donors (Lipinski definition) is 5. The van der Waals surface area contributed by atoms with Crippen molar-refractivity contribution in [2.24, 2.45) is 5.73 Å². The van der Waals surface area contributed by atoms with Crippen LogP contribution in [0, 0.1) is 0 Å². The molecule has 6 N–H and O–H groups in total. The molecule has 1 unspecified atom stereocenters. The van der Waals surface area contributed by atoms with Gasteiger partial charge in [0.25, 0.3) is 0 Å². The number of Topliss-reactive ketones (excluding diaryl/α,β-unsaturated/α-hetero) is 1. The molecule has 0 radical (unpaired) electrons. The van der Waals surface area contributed by atoms with Gasteiger partial charge in [-0.25, -0.2) is 0 Å². The fourth-order valence-electron chi connectivity index (χ4n) is 1.42. The summed E-state index contributed by atoms with van der Waals surface area (Å²) in [5.74, 6) is -0.640. The van der Waals surface area contributed by atoms with Gasteiger partial charge in [0, 0.05) is 7.11 Å². The van der Waals surface area contributed by atoms with Crippen LogP contribution in [-0.2, 0) is 14.4 Å². The average Bonchev–Trinajstić information content (AvgIpc) is 2.66. The number of likely N-dealkylation sites (N-methyl/N-ethyl adjacent to an activating group) is 1. The number of aliphatic hydroxyl groups is 1. The van der Waals surface area contributed by atoms with E-state index in [1.165, 1.54) is 6.92 Å². The number of ketones is 1. The molecule has 8 heteroatoms. The molecule has 0 aromatic rings. The fourth-order valence-corrected chi connectivity index (χ4v) is 1.42. The van der Waals surface area contributed by atoms with Crippen LogP contribution in [0.25, 0.3) is 0 Å². The first-order chi connectivity index (χ1) is 12.4. The maximum Gasteiger partial charge on any atom is 0.242 e. The normalized spacial score (nSPS) is 9.73. The van der Waals surface area contributed by atoms with Gasteiger partial charge in [-0.05, 0) is 33.4 Å². The lowest BCUT2D eigenvalue weighted by atomic mass is 10.1. The SMILES string of the molecule is CC.CCCCC(NC(=O)CNC)C(=O)NCC(C)=O.CCCN.CO. The van der Waals surface area contributed by atoms with Gasteiger partial charge in [0.2, 0.25) is 11.8 Å². The third-order valence-corrected chi connectivity index (χ3v) is 2.64. The number of nitrogens with one attached hydrogen (secondary N) is 3. The third-order valence-electron chi connectivity index (χ3n) is 2.64. The smallest absolute Gasteiger partial charge is 0.242 e. The predicted octanol–water partition coefficient (Wildman–Crippen LogP) is 0.576. The first-order valence-corrected chi connectivity index (χ1v) is 9.28. The van der Waals surface area contributed by atoms with Crippen molar-refractivity contribution in [1.29, 1.82) is 0 Å². The first-order valence-electron chi connectivity index (χ1n) is 9.28. The highest BCUT2D eigenvalue weighted by Gasteiger charge is 2.19. The minimum atomic E-state index is -0.565. The van der Waals surface area contributed by atoms with E-state index in [4.69, 9.17) is 10.8 Å². The van der Waals surface area contributed by atoms with E-state index < -0.39 is 6.04 Å². The van der Waals surface area contributed by atoms with Crippen LogP contribution in [0.5, 0.6) is 0 Å². The zero-order valence-corrected chi connectivity index (χ0v) is 17.8. The van der Waals surface area contributed by atoms with Gasteiger partial charge >= 0.3 is 0 Å². The molecule has 0 saturated heterocycles. The number of carbonyl (C=O) groups excluding carboxylic acids is 3. The van der Waals surface area contributed by atoms with Crippen molar-refractivity contribution in [3.05, 3.63) is 0 Å². The van der Waals surface area contributed by atoms with Gasteiger partial charge in [0.15, 0.2) is 0 Å². The summed E-state index contributed by atoms with van der Waals surface area (Å²) in [5.41, 5.74) is 5.03. The number of nitrogens with two attached hydrogens (primary N) is 1. The van der Waals surface area contributed by atoms with Crippen LogP contribution in [0.2, 0.25) is 0 Å². The van der Waals surface area contributed by atoms with Crippen LogP contribution in [0.15, 0.2) is 0 Å². The van der Waals surface area contributed by atoms with Gasteiger partial charge in [-0.3, -0.25) is 14.4 Å².